The predicted molar refractivity (Wildman–Crippen MR) is 95.3 cm³/mol. The number of phenols is 1. The summed E-state index contributed by atoms with van der Waals surface area (Å²) in [5.41, 5.74) is 4.59. The molecule has 2 aromatic carbocycles. The van der Waals surface area contributed by atoms with Gasteiger partial charge in [0.1, 0.15) is 11.5 Å². The van der Waals surface area contributed by atoms with Crippen LogP contribution in [0.15, 0.2) is 35.4 Å². The molecule has 0 radical (unpaired) electrons. The van der Waals surface area contributed by atoms with Crippen molar-refractivity contribution in [3.8, 4) is 11.5 Å². The number of halogens is 2. The largest absolute Gasteiger partial charge is 0.506 e. The van der Waals surface area contributed by atoms with Gasteiger partial charge in [-0.3, -0.25) is 4.79 Å². The maximum atomic E-state index is 11.8. The fourth-order valence-corrected chi connectivity index (χ4v) is 2.41. The minimum absolute atomic E-state index is 0.105. The van der Waals surface area contributed by atoms with E-state index in [9.17, 15) is 9.90 Å². The van der Waals surface area contributed by atoms with Gasteiger partial charge in [0.05, 0.1) is 11.2 Å². The summed E-state index contributed by atoms with van der Waals surface area (Å²) in [4.78, 5) is 11.8. The smallest absolute Gasteiger partial charge is 0.277 e. The molecule has 0 bridgehead atoms. The van der Waals surface area contributed by atoms with Crippen molar-refractivity contribution in [2.45, 2.75) is 13.8 Å². The lowest BCUT2D eigenvalue weighted by molar-refractivity contribution is -0.123. The predicted octanol–water partition coefficient (Wildman–Crippen LogP) is 3.84. The van der Waals surface area contributed by atoms with Crippen LogP contribution in [0.4, 0.5) is 0 Å². The van der Waals surface area contributed by atoms with Crippen LogP contribution in [0.1, 0.15) is 16.7 Å². The molecule has 2 N–H and O–H groups in total. The number of nitrogens with one attached hydrogen (secondary N) is 1. The zero-order chi connectivity index (χ0) is 17.7. The van der Waals surface area contributed by atoms with E-state index in [1.165, 1.54) is 18.3 Å². The summed E-state index contributed by atoms with van der Waals surface area (Å²) in [6, 6.07) is 8.64. The van der Waals surface area contributed by atoms with Crippen LogP contribution in [0.3, 0.4) is 0 Å². The number of amides is 1. The van der Waals surface area contributed by atoms with Crippen molar-refractivity contribution < 1.29 is 14.6 Å². The first-order chi connectivity index (χ1) is 11.4. The first kappa shape index (κ1) is 18.1. The molecule has 7 heteroatoms. The molecular weight excluding hydrogens is 351 g/mol. The van der Waals surface area contributed by atoms with Gasteiger partial charge >= 0.3 is 0 Å². The summed E-state index contributed by atoms with van der Waals surface area (Å²) in [5.74, 6) is 0.0545. The molecule has 126 valence electrons. The molecule has 0 heterocycles. The van der Waals surface area contributed by atoms with E-state index in [-0.39, 0.29) is 17.4 Å². The highest BCUT2D eigenvalue weighted by Gasteiger charge is 2.07. The van der Waals surface area contributed by atoms with E-state index in [2.05, 4.69) is 10.5 Å². The Morgan fingerprint density at radius 2 is 2.04 bits per heavy atom. The first-order valence-electron chi connectivity index (χ1n) is 7.07. The van der Waals surface area contributed by atoms with Crippen LogP contribution in [0.25, 0.3) is 0 Å². The number of nitrogens with zero attached hydrogens (tertiary/aromatic N) is 1. The lowest BCUT2D eigenvalue weighted by Gasteiger charge is -2.09. The minimum Gasteiger partial charge on any atom is -0.506 e. The van der Waals surface area contributed by atoms with Crippen molar-refractivity contribution in [2.24, 2.45) is 5.10 Å². The first-order valence-corrected chi connectivity index (χ1v) is 7.82. The zero-order valence-corrected chi connectivity index (χ0v) is 14.6. The SMILES string of the molecule is Cc1ccc(C)c(OCC(=O)N/N=C\c2cc(Cl)cc(Cl)c2O)c1. The summed E-state index contributed by atoms with van der Waals surface area (Å²) < 4.78 is 5.47. The van der Waals surface area contributed by atoms with Crippen molar-refractivity contribution in [1.29, 1.82) is 0 Å². The average Bonchev–Trinajstić information content (AvgIpc) is 2.52. The molecule has 0 saturated carbocycles. The molecule has 0 aromatic heterocycles. The minimum atomic E-state index is -0.431. The van der Waals surface area contributed by atoms with Gasteiger partial charge in [-0.05, 0) is 43.2 Å². The van der Waals surface area contributed by atoms with Crippen LogP contribution in [0.5, 0.6) is 11.5 Å². The molecule has 2 rings (SSSR count). The van der Waals surface area contributed by atoms with Gasteiger partial charge in [0.15, 0.2) is 6.61 Å². The highest BCUT2D eigenvalue weighted by Crippen LogP contribution is 2.29. The van der Waals surface area contributed by atoms with Crippen molar-refractivity contribution in [3.63, 3.8) is 0 Å². The van der Waals surface area contributed by atoms with Crippen LogP contribution >= 0.6 is 23.2 Å². The Morgan fingerprint density at radius 1 is 1.29 bits per heavy atom. The monoisotopic (exact) mass is 366 g/mol. The lowest BCUT2D eigenvalue weighted by atomic mass is 10.1. The van der Waals surface area contributed by atoms with E-state index < -0.39 is 5.91 Å². The van der Waals surface area contributed by atoms with Gasteiger partial charge in [-0.25, -0.2) is 5.43 Å². The zero-order valence-electron chi connectivity index (χ0n) is 13.1. The maximum absolute atomic E-state index is 11.8. The highest BCUT2D eigenvalue weighted by molar-refractivity contribution is 6.36. The molecule has 0 aliphatic heterocycles. The standard InChI is InChI=1S/C17H16Cl2N2O3/c1-10-3-4-11(2)15(5-10)24-9-16(22)21-20-8-12-6-13(18)7-14(19)17(12)23/h3-8,23H,9H2,1-2H3,(H,21,22)/b20-8-. The van der Waals surface area contributed by atoms with Gasteiger partial charge in [0.2, 0.25) is 0 Å². The van der Waals surface area contributed by atoms with E-state index in [0.29, 0.717) is 16.3 Å². The van der Waals surface area contributed by atoms with Crippen molar-refractivity contribution >= 4 is 35.3 Å². The summed E-state index contributed by atoms with van der Waals surface area (Å²) in [6.07, 6.45) is 1.25. The van der Waals surface area contributed by atoms with Gasteiger partial charge in [0, 0.05) is 10.6 Å². The molecule has 0 spiro atoms. The van der Waals surface area contributed by atoms with Crippen LogP contribution in [-0.4, -0.2) is 23.8 Å². The summed E-state index contributed by atoms with van der Waals surface area (Å²) >= 11 is 11.6. The van der Waals surface area contributed by atoms with Gasteiger partial charge < -0.3 is 9.84 Å². The lowest BCUT2D eigenvalue weighted by Crippen LogP contribution is -2.24. The number of hydrogen-bond donors (Lipinski definition) is 2. The van der Waals surface area contributed by atoms with Crippen LogP contribution < -0.4 is 10.2 Å². The molecule has 1 amide bonds. The van der Waals surface area contributed by atoms with E-state index in [0.717, 1.165) is 11.1 Å². The third-order valence-corrected chi connectivity index (χ3v) is 3.66. The maximum Gasteiger partial charge on any atom is 0.277 e. The Bertz CT molecular complexity index is 792. The Labute approximate surface area is 149 Å². The third-order valence-electron chi connectivity index (χ3n) is 3.15. The van der Waals surface area contributed by atoms with Crippen LogP contribution in [-0.2, 0) is 4.79 Å². The molecule has 5 nitrogen and oxygen atoms in total. The molecule has 0 saturated heterocycles. The molecule has 0 atom stereocenters. The van der Waals surface area contributed by atoms with Crippen LogP contribution in [0, 0.1) is 13.8 Å². The topological polar surface area (TPSA) is 70.9 Å². The van der Waals surface area contributed by atoms with Gasteiger partial charge in [-0.15, -0.1) is 0 Å². The molecule has 24 heavy (non-hydrogen) atoms. The molecular formula is C17H16Cl2N2O3. The second-order valence-corrected chi connectivity index (χ2v) is 6.02. The normalized spacial score (nSPS) is 10.8. The van der Waals surface area contributed by atoms with Gasteiger partial charge in [-0.2, -0.15) is 5.10 Å². The van der Waals surface area contributed by atoms with Crippen molar-refractivity contribution in [3.05, 3.63) is 57.1 Å². The Balaban J connectivity index is 1.93. The number of carbonyl (C=O) groups is 1. The summed E-state index contributed by atoms with van der Waals surface area (Å²) in [7, 11) is 0. The Morgan fingerprint density at radius 3 is 2.79 bits per heavy atom. The van der Waals surface area contributed by atoms with E-state index >= 15 is 0 Å². The van der Waals surface area contributed by atoms with E-state index in [1.54, 1.807) is 0 Å². The number of aryl methyl sites for hydroxylation is 2. The molecule has 0 aliphatic carbocycles. The second-order valence-electron chi connectivity index (χ2n) is 5.18. The number of ether oxygens (including phenoxy) is 1. The highest BCUT2D eigenvalue weighted by atomic mass is 35.5. The van der Waals surface area contributed by atoms with Gasteiger partial charge in [-0.1, -0.05) is 35.3 Å². The Hall–Kier alpha value is -2.24. The fraction of sp³-hybridized carbons (Fsp3) is 0.176. The molecule has 2 aromatic rings. The number of hydrogen-bond acceptors (Lipinski definition) is 4. The van der Waals surface area contributed by atoms with Crippen molar-refractivity contribution in [1.82, 2.24) is 5.43 Å². The average molecular weight is 367 g/mol. The summed E-state index contributed by atoms with van der Waals surface area (Å²) in [5, 5.41) is 14.0. The quantitative estimate of drug-likeness (QED) is 0.623. The molecule has 0 unspecified atom stereocenters. The number of carbonyl (C=O) groups excluding carboxylic acids is 1. The number of phenolic OH excluding ortho intramolecular Hbond substituents is 1. The summed E-state index contributed by atoms with van der Waals surface area (Å²) in [6.45, 7) is 3.67. The second kappa shape index (κ2) is 8.04. The number of aromatic hydroxyl groups is 1. The van der Waals surface area contributed by atoms with E-state index in [1.807, 2.05) is 32.0 Å². The number of rotatable bonds is 5. The van der Waals surface area contributed by atoms with Gasteiger partial charge in [0.25, 0.3) is 5.91 Å². The number of benzene rings is 2. The third kappa shape index (κ3) is 4.88. The van der Waals surface area contributed by atoms with Crippen LogP contribution in [0.2, 0.25) is 10.0 Å². The fourth-order valence-electron chi connectivity index (χ4n) is 1.90. The number of hydrazone groups is 1. The van der Waals surface area contributed by atoms with Crippen molar-refractivity contribution in [2.75, 3.05) is 6.61 Å². The molecule has 0 fully saturated rings. The van der Waals surface area contributed by atoms with E-state index in [4.69, 9.17) is 27.9 Å². The molecule has 0 aliphatic rings. The Kier molecular flexibility index (Phi) is 6.06.